The maximum Gasteiger partial charge on any atom is 0.0879 e. The zero-order valence-corrected chi connectivity index (χ0v) is 9.47. The second kappa shape index (κ2) is 3.46. The molecule has 1 unspecified atom stereocenters. The number of nitrogens with zero attached hydrogens (tertiary/aromatic N) is 1. The lowest BCUT2D eigenvalue weighted by Gasteiger charge is -2.06. The summed E-state index contributed by atoms with van der Waals surface area (Å²) in [6, 6.07) is 0. The molecule has 1 aromatic heterocycles. The lowest BCUT2D eigenvalue weighted by Crippen LogP contribution is -2.04. The van der Waals surface area contributed by atoms with E-state index in [-0.39, 0.29) is 0 Å². The molecule has 0 spiro atoms. The Labute approximate surface area is 87.2 Å². The average molecular weight is 243 g/mol. The molecule has 1 atom stereocenters. The molecule has 2 rings (SSSR count). The number of halogens is 1. The molecule has 0 saturated carbocycles. The highest BCUT2D eigenvalue weighted by atomic mass is 79.9. The van der Waals surface area contributed by atoms with Gasteiger partial charge in [0.05, 0.1) is 4.60 Å². The van der Waals surface area contributed by atoms with E-state index in [0.717, 1.165) is 13.0 Å². The highest BCUT2D eigenvalue weighted by molar-refractivity contribution is 9.10. The molecule has 3 heteroatoms. The Hall–Kier alpha value is -0.280. The fourth-order valence-corrected chi connectivity index (χ4v) is 2.78. The van der Waals surface area contributed by atoms with Crippen LogP contribution in [0.1, 0.15) is 29.9 Å². The van der Waals surface area contributed by atoms with Crippen molar-refractivity contribution in [2.24, 2.45) is 12.8 Å². The Kier molecular flexibility index (Phi) is 2.47. The molecule has 0 amide bonds. The van der Waals surface area contributed by atoms with Crippen LogP contribution in [0, 0.1) is 0 Å². The average Bonchev–Trinajstić information content (AvgIpc) is 2.59. The highest BCUT2D eigenvalue weighted by Crippen LogP contribution is 2.39. The van der Waals surface area contributed by atoms with Gasteiger partial charge < -0.3 is 10.3 Å². The molecule has 13 heavy (non-hydrogen) atoms. The Morgan fingerprint density at radius 1 is 1.69 bits per heavy atom. The van der Waals surface area contributed by atoms with Crippen LogP contribution in [0.2, 0.25) is 0 Å². The Bertz CT molecular complexity index is 317. The van der Waals surface area contributed by atoms with E-state index >= 15 is 0 Å². The van der Waals surface area contributed by atoms with Crippen molar-refractivity contribution in [2.45, 2.75) is 25.2 Å². The molecule has 1 aromatic rings. The standard InChI is InChI=1S/C10H15BrN2/c1-13-6-9-7(4-5-12)2-3-8(9)10(13)11/h6-7H,2-5,12H2,1H3. The predicted molar refractivity (Wildman–Crippen MR) is 57.8 cm³/mol. The van der Waals surface area contributed by atoms with Crippen LogP contribution in [-0.4, -0.2) is 11.1 Å². The van der Waals surface area contributed by atoms with Crippen molar-refractivity contribution in [1.29, 1.82) is 0 Å². The second-order valence-corrected chi connectivity index (χ2v) is 4.53. The summed E-state index contributed by atoms with van der Waals surface area (Å²) in [7, 11) is 2.09. The number of nitrogens with two attached hydrogens (primary N) is 1. The normalized spacial score (nSPS) is 20.7. The molecular weight excluding hydrogens is 228 g/mol. The van der Waals surface area contributed by atoms with E-state index in [1.807, 2.05) is 0 Å². The second-order valence-electron chi connectivity index (χ2n) is 3.78. The summed E-state index contributed by atoms with van der Waals surface area (Å²) in [6.07, 6.45) is 5.86. The van der Waals surface area contributed by atoms with Crippen molar-refractivity contribution in [3.05, 3.63) is 21.9 Å². The van der Waals surface area contributed by atoms with E-state index < -0.39 is 0 Å². The first-order valence-corrected chi connectivity index (χ1v) is 5.57. The third-order valence-corrected chi connectivity index (χ3v) is 3.98. The summed E-state index contributed by atoms with van der Waals surface area (Å²) in [5, 5.41) is 0. The molecule has 0 aromatic carbocycles. The minimum atomic E-state index is 0.706. The number of hydrogen-bond acceptors (Lipinski definition) is 1. The third kappa shape index (κ3) is 1.44. The van der Waals surface area contributed by atoms with Gasteiger partial charge >= 0.3 is 0 Å². The Morgan fingerprint density at radius 3 is 3.15 bits per heavy atom. The number of aromatic nitrogens is 1. The molecule has 0 saturated heterocycles. The zero-order chi connectivity index (χ0) is 9.42. The number of fused-ring (bicyclic) bond motifs is 1. The highest BCUT2D eigenvalue weighted by Gasteiger charge is 2.25. The van der Waals surface area contributed by atoms with Gasteiger partial charge in [0.2, 0.25) is 0 Å². The van der Waals surface area contributed by atoms with Crippen LogP contribution in [0.4, 0.5) is 0 Å². The minimum Gasteiger partial charge on any atom is -0.345 e. The predicted octanol–water partition coefficient (Wildman–Crippen LogP) is 2.17. The van der Waals surface area contributed by atoms with Gasteiger partial charge in [0.1, 0.15) is 0 Å². The Balaban J connectivity index is 2.32. The lowest BCUT2D eigenvalue weighted by atomic mass is 10.0. The topological polar surface area (TPSA) is 30.9 Å². The van der Waals surface area contributed by atoms with Gasteiger partial charge in [-0.2, -0.15) is 0 Å². The summed E-state index contributed by atoms with van der Waals surface area (Å²) in [5.74, 6) is 0.706. The summed E-state index contributed by atoms with van der Waals surface area (Å²) >= 11 is 3.61. The van der Waals surface area contributed by atoms with Gasteiger partial charge in [-0.15, -0.1) is 0 Å². The van der Waals surface area contributed by atoms with Crippen molar-refractivity contribution in [3.8, 4) is 0 Å². The summed E-state index contributed by atoms with van der Waals surface area (Å²) in [5.41, 5.74) is 8.61. The van der Waals surface area contributed by atoms with Gasteiger partial charge in [0.25, 0.3) is 0 Å². The fraction of sp³-hybridized carbons (Fsp3) is 0.600. The minimum absolute atomic E-state index is 0.706. The molecule has 0 radical (unpaired) electrons. The molecule has 72 valence electrons. The van der Waals surface area contributed by atoms with Crippen LogP contribution in [0.3, 0.4) is 0 Å². The van der Waals surface area contributed by atoms with Crippen molar-refractivity contribution in [3.63, 3.8) is 0 Å². The SMILES string of the molecule is Cn1cc2c(c1Br)CCC2CCN. The van der Waals surface area contributed by atoms with Gasteiger partial charge in [-0.25, -0.2) is 0 Å². The van der Waals surface area contributed by atoms with Crippen molar-refractivity contribution in [1.82, 2.24) is 4.57 Å². The van der Waals surface area contributed by atoms with E-state index in [1.165, 1.54) is 28.6 Å². The summed E-state index contributed by atoms with van der Waals surface area (Å²) < 4.78 is 3.41. The van der Waals surface area contributed by atoms with Crippen LogP contribution in [0.25, 0.3) is 0 Å². The van der Waals surface area contributed by atoms with Crippen LogP contribution in [-0.2, 0) is 13.5 Å². The van der Waals surface area contributed by atoms with E-state index in [9.17, 15) is 0 Å². The third-order valence-electron chi connectivity index (χ3n) is 2.94. The van der Waals surface area contributed by atoms with Crippen molar-refractivity contribution in [2.75, 3.05) is 6.54 Å². The largest absolute Gasteiger partial charge is 0.345 e. The molecule has 0 fully saturated rings. The van der Waals surface area contributed by atoms with E-state index in [4.69, 9.17) is 5.73 Å². The first kappa shape index (κ1) is 9.28. The molecule has 1 aliphatic carbocycles. The maximum absolute atomic E-state index is 5.59. The smallest absolute Gasteiger partial charge is 0.0879 e. The van der Waals surface area contributed by atoms with Gasteiger partial charge in [-0.1, -0.05) is 0 Å². The van der Waals surface area contributed by atoms with Gasteiger partial charge in [-0.05, 0) is 58.8 Å². The van der Waals surface area contributed by atoms with E-state index in [2.05, 4.69) is 33.7 Å². The van der Waals surface area contributed by atoms with Crippen LogP contribution in [0.15, 0.2) is 10.8 Å². The lowest BCUT2D eigenvalue weighted by molar-refractivity contribution is 0.621. The number of hydrogen-bond donors (Lipinski definition) is 1. The van der Waals surface area contributed by atoms with E-state index in [0.29, 0.717) is 5.92 Å². The van der Waals surface area contributed by atoms with Crippen LogP contribution < -0.4 is 5.73 Å². The van der Waals surface area contributed by atoms with Crippen molar-refractivity contribution >= 4 is 15.9 Å². The molecule has 0 aliphatic heterocycles. The molecule has 1 heterocycles. The molecule has 2 N–H and O–H groups in total. The van der Waals surface area contributed by atoms with Crippen LogP contribution >= 0.6 is 15.9 Å². The quantitative estimate of drug-likeness (QED) is 0.847. The van der Waals surface area contributed by atoms with Crippen LogP contribution in [0.5, 0.6) is 0 Å². The number of rotatable bonds is 2. The first-order valence-electron chi connectivity index (χ1n) is 4.77. The fourth-order valence-electron chi connectivity index (χ4n) is 2.25. The number of aryl methyl sites for hydroxylation is 1. The monoisotopic (exact) mass is 242 g/mol. The van der Waals surface area contributed by atoms with E-state index in [1.54, 1.807) is 0 Å². The molecule has 2 nitrogen and oxygen atoms in total. The van der Waals surface area contributed by atoms with Crippen molar-refractivity contribution < 1.29 is 0 Å². The van der Waals surface area contributed by atoms with Gasteiger partial charge in [0.15, 0.2) is 0 Å². The first-order chi connectivity index (χ1) is 6.24. The molecule has 0 bridgehead atoms. The Morgan fingerprint density at radius 2 is 2.46 bits per heavy atom. The molecule has 1 aliphatic rings. The summed E-state index contributed by atoms with van der Waals surface area (Å²) in [4.78, 5) is 0. The zero-order valence-electron chi connectivity index (χ0n) is 7.89. The molecular formula is C10H15BrN2. The summed E-state index contributed by atoms with van der Waals surface area (Å²) in [6.45, 7) is 0.802. The van der Waals surface area contributed by atoms with Gasteiger partial charge in [0, 0.05) is 13.2 Å². The maximum atomic E-state index is 5.59. The van der Waals surface area contributed by atoms with Gasteiger partial charge in [-0.3, -0.25) is 0 Å².